The zero-order valence-corrected chi connectivity index (χ0v) is 17.0. The van der Waals surface area contributed by atoms with E-state index in [0.717, 1.165) is 25.0 Å². The number of aryl methyl sites for hydroxylation is 1. The fourth-order valence-electron chi connectivity index (χ4n) is 3.16. The average molecular weight is 377 g/mol. The lowest BCUT2D eigenvalue weighted by atomic mass is 10.1. The molecular weight excluding hydrogens is 344 g/mol. The summed E-state index contributed by atoms with van der Waals surface area (Å²) in [5, 5.41) is 0.0228. The molecule has 0 saturated carbocycles. The van der Waals surface area contributed by atoms with Gasteiger partial charge in [0.1, 0.15) is 0 Å². The number of benzene rings is 1. The van der Waals surface area contributed by atoms with E-state index in [0.29, 0.717) is 32.6 Å². The van der Waals surface area contributed by atoms with Gasteiger partial charge in [-0.2, -0.15) is 0 Å². The highest BCUT2D eigenvalue weighted by Crippen LogP contribution is 2.17. The number of nitrogens with zero attached hydrogens (tertiary/aromatic N) is 2. The van der Waals surface area contributed by atoms with Crippen LogP contribution < -0.4 is 0 Å². The van der Waals surface area contributed by atoms with Crippen LogP contribution in [0.5, 0.6) is 0 Å². The van der Waals surface area contributed by atoms with Crippen molar-refractivity contribution < 1.29 is 9.59 Å². The third-order valence-electron chi connectivity index (χ3n) is 4.86. The zero-order chi connectivity index (χ0) is 18.8. The molecule has 4 nitrogen and oxygen atoms in total. The first-order valence-electron chi connectivity index (χ1n) is 9.84. The van der Waals surface area contributed by atoms with Crippen LogP contribution in [0.1, 0.15) is 45.1 Å². The van der Waals surface area contributed by atoms with Crippen LogP contribution in [0, 0.1) is 0 Å². The second-order valence-corrected chi connectivity index (χ2v) is 8.36. The number of amides is 2. The molecule has 1 aliphatic rings. The van der Waals surface area contributed by atoms with E-state index in [-0.39, 0.29) is 17.1 Å². The molecule has 1 atom stereocenters. The molecule has 144 valence electrons. The van der Waals surface area contributed by atoms with Crippen molar-refractivity contribution in [2.24, 2.45) is 0 Å². The molecule has 1 aromatic carbocycles. The van der Waals surface area contributed by atoms with Gasteiger partial charge < -0.3 is 9.80 Å². The summed E-state index contributed by atoms with van der Waals surface area (Å²) in [7, 11) is 0. The Morgan fingerprint density at radius 1 is 1.04 bits per heavy atom. The van der Waals surface area contributed by atoms with Crippen LogP contribution in [-0.2, 0) is 16.0 Å². The van der Waals surface area contributed by atoms with Gasteiger partial charge in [0.25, 0.3) is 0 Å². The Morgan fingerprint density at radius 2 is 1.69 bits per heavy atom. The Bertz CT molecular complexity index is 556. The van der Waals surface area contributed by atoms with Crippen LogP contribution in [0.15, 0.2) is 30.3 Å². The summed E-state index contributed by atoms with van der Waals surface area (Å²) in [4.78, 5) is 28.7. The Kier molecular flexibility index (Phi) is 9.02. The van der Waals surface area contributed by atoms with Crippen molar-refractivity contribution in [2.75, 3.05) is 31.9 Å². The van der Waals surface area contributed by atoms with Crippen LogP contribution in [0.3, 0.4) is 0 Å². The van der Waals surface area contributed by atoms with Crippen LogP contribution in [0.4, 0.5) is 0 Å². The third kappa shape index (κ3) is 6.67. The standard InChI is InChI=1S/C21H32N2O2S/c1-3-4-17-26-18(2)21(25)23-15-13-22(14-16-23)20(24)12-8-11-19-9-6-5-7-10-19/h5-7,9-10,18H,3-4,8,11-17H2,1-2H3. The lowest BCUT2D eigenvalue weighted by Crippen LogP contribution is -2.52. The fourth-order valence-corrected chi connectivity index (χ4v) is 4.26. The number of hydrogen-bond donors (Lipinski definition) is 0. The van der Waals surface area contributed by atoms with E-state index >= 15 is 0 Å². The van der Waals surface area contributed by atoms with E-state index < -0.39 is 0 Å². The van der Waals surface area contributed by atoms with Gasteiger partial charge in [0.15, 0.2) is 0 Å². The molecule has 0 aliphatic carbocycles. The second-order valence-electron chi connectivity index (χ2n) is 6.91. The number of thioether (sulfide) groups is 1. The maximum atomic E-state index is 12.5. The number of hydrogen-bond acceptors (Lipinski definition) is 3. The van der Waals surface area contributed by atoms with E-state index in [1.807, 2.05) is 34.9 Å². The highest BCUT2D eigenvalue weighted by Gasteiger charge is 2.26. The first-order chi connectivity index (χ1) is 12.6. The topological polar surface area (TPSA) is 40.6 Å². The van der Waals surface area contributed by atoms with E-state index in [2.05, 4.69) is 19.1 Å². The summed E-state index contributed by atoms with van der Waals surface area (Å²) in [5.41, 5.74) is 1.28. The minimum atomic E-state index is 0.0228. The summed E-state index contributed by atoms with van der Waals surface area (Å²) in [5.74, 6) is 1.49. The van der Waals surface area contributed by atoms with Crippen LogP contribution in [0.25, 0.3) is 0 Å². The quantitative estimate of drug-likeness (QED) is 0.618. The molecule has 0 N–H and O–H groups in total. The predicted molar refractivity (Wildman–Crippen MR) is 109 cm³/mol. The van der Waals surface area contributed by atoms with E-state index in [1.165, 1.54) is 12.0 Å². The summed E-state index contributed by atoms with van der Waals surface area (Å²) in [6, 6.07) is 10.3. The summed E-state index contributed by atoms with van der Waals surface area (Å²) < 4.78 is 0. The van der Waals surface area contributed by atoms with E-state index in [9.17, 15) is 9.59 Å². The maximum Gasteiger partial charge on any atom is 0.235 e. The maximum absolute atomic E-state index is 12.5. The second kappa shape index (κ2) is 11.3. The number of piperazine rings is 1. The normalized spacial score (nSPS) is 15.8. The molecule has 5 heteroatoms. The van der Waals surface area contributed by atoms with Gasteiger partial charge in [0.05, 0.1) is 5.25 Å². The van der Waals surface area contributed by atoms with Gasteiger partial charge >= 0.3 is 0 Å². The molecule has 1 saturated heterocycles. The molecule has 0 aromatic heterocycles. The predicted octanol–water partition coefficient (Wildman–Crippen LogP) is 3.60. The molecule has 0 radical (unpaired) electrons. The number of unbranched alkanes of at least 4 members (excludes halogenated alkanes) is 1. The third-order valence-corrected chi connectivity index (χ3v) is 6.08. The molecule has 2 rings (SSSR count). The molecule has 1 heterocycles. The van der Waals surface area contributed by atoms with Gasteiger partial charge in [0.2, 0.25) is 11.8 Å². The highest BCUT2D eigenvalue weighted by molar-refractivity contribution is 8.00. The van der Waals surface area contributed by atoms with Crippen molar-refractivity contribution in [3.63, 3.8) is 0 Å². The first kappa shape index (κ1) is 20.8. The number of carbonyl (C=O) groups excluding carboxylic acids is 2. The largest absolute Gasteiger partial charge is 0.339 e. The van der Waals surface area contributed by atoms with Crippen molar-refractivity contribution in [2.45, 2.75) is 51.2 Å². The first-order valence-corrected chi connectivity index (χ1v) is 10.9. The van der Waals surface area contributed by atoms with Crippen molar-refractivity contribution in [1.29, 1.82) is 0 Å². The fraction of sp³-hybridized carbons (Fsp3) is 0.619. The lowest BCUT2D eigenvalue weighted by molar-refractivity contribution is -0.139. The van der Waals surface area contributed by atoms with Crippen molar-refractivity contribution >= 4 is 23.6 Å². The molecule has 1 fully saturated rings. The Balaban J connectivity index is 1.66. The summed E-state index contributed by atoms with van der Waals surface area (Å²) in [6.45, 7) is 6.85. The Morgan fingerprint density at radius 3 is 2.35 bits per heavy atom. The van der Waals surface area contributed by atoms with Crippen LogP contribution in [-0.4, -0.2) is 58.8 Å². The van der Waals surface area contributed by atoms with Crippen LogP contribution in [0.2, 0.25) is 0 Å². The van der Waals surface area contributed by atoms with Crippen LogP contribution >= 0.6 is 11.8 Å². The average Bonchev–Trinajstić information content (AvgIpc) is 2.68. The molecule has 2 amide bonds. The minimum absolute atomic E-state index is 0.0228. The molecule has 1 aliphatic heterocycles. The highest BCUT2D eigenvalue weighted by atomic mass is 32.2. The SMILES string of the molecule is CCCCSC(C)C(=O)N1CCN(C(=O)CCCc2ccccc2)CC1. The Labute approximate surface area is 162 Å². The molecule has 1 unspecified atom stereocenters. The van der Waals surface area contributed by atoms with Crippen molar-refractivity contribution in [3.8, 4) is 0 Å². The lowest BCUT2D eigenvalue weighted by Gasteiger charge is -2.36. The van der Waals surface area contributed by atoms with Gasteiger partial charge in [-0.1, -0.05) is 43.7 Å². The molecular formula is C21H32N2O2S. The summed E-state index contributed by atoms with van der Waals surface area (Å²) >= 11 is 1.75. The zero-order valence-electron chi connectivity index (χ0n) is 16.2. The van der Waals surface area contributed by atoms with E-state index in [4.69, 9.17) is 0 Å². The minimum Gasteiger partial charge on any atom is -0.339 e. The number of rotatable bonds is 9. The van der Waals surface area contributed by atoms with Gasteiger partial charge in [-0.3, -0.25) is 9.59 Å². The molecule has 26 heavy (non-hydrogen) atoms. The van der Waals surface area contributed by atoms with Crippen molar-refractivity contribution in [1.82, 2.24) is 9.80 Å². The summed E-state index contributed by atoms with van der Waals surface area (Å²) in [6.07, 6.45) is 4.74. The smallest absolute Gasteiger partial charge is 0.235 e. The monoisotopic (exact) mass is 376 g/mol. The number of carbonyl (C=O) groups is 2. The van der Waals surface area contributed by atoms with Gasteiger partial charge in [-0.25, -0.2) is 0 Å². The Hall–Kier alpha value is -1.49. The molecule has 1 aromatic rings. The molecule has 0 spiro atoms. The molecule has 0 bridgehead atoms. The van der Waals surface area contributed by atoms with Gasteiger partial charge in [-0.15, -0.1) is 11.8 Å². The van der Waals surface area contributed by atoms with Crippen molar-refractivity contribution in [3.05, 3.63) is 35.9 Å². The van der Waals surface area contributed by atoms with Gasteiger partial charge in [-0.05, 0) is 37.5 Å². The van der Waals surface area contributed by atoms with Gasteiger partial charge in [0, 0.05) is 32.6 Å². The van der Waals surface area contributed by atoms with E-state index in [1.54, 1.807) is 11.8 Å².